The molecule has 2 aromatic carbocycles. The second-order valence-corrected chi connectivity index (χ2v) is 6.97. The maximum absolute atomic E-state index is 12.5. The second kappa shape index (κ2) is 9.35. The van der Waals surface area contributed by atoms with Crippen LogP contribution >= 0.6 is 0 Å². The summed E-state index contributed by atoms with van der Waals surface area (Å²) in [5.74, 6) is 2.08. The van der Waals surface area contributed by atoms with Crippen LogP contribution in [0, 0.1) is 0 Å². The number of para-hydroxylation sites is 2. The SMILES string of the molecule is COc1ccccc1OCC(=O)N1CCN(c2ccc(OC(C)C)cc2)CC1. The van der Waals surface area contributed by atoms with Gasteiger partial charge in [-0.05, 0) is 50.2 Å². The van der Waals surface area contributed by atoms with E-state index in [2.05, 4.69) is 17.0 Å². The smallest absolute Gasteiger partial charge is 0.260 e. The van der Waals surface area contributed by atoms with Crippen LogP contribution in [-0.4, -0.2) is 56.8 Å². The third-order valence-electron chi connectivity index (χ3n) is 4.63. The van der Waals surface area contributed by atoms with Gasteiger partial charge in [0.2, 0.25) is 0 Å². The molecule has 3 rings (SSSR count). The summed E-state index contributed by atoms with van der Waals surface area (Å²) in [7, 11) is 1.59. The lowest BCUT2D eigenvalue weighted by molar-refractivity contribution is -0.133. The molecule has 1 aliphatic rings. The van der Waals surface area contributed by atoms with Crippen LogP contribution in [0.5, 0.6) is 17.2 Å². The predicted molar refractivity (Wildman–Crippen MR) is 109 cm³/mol. The summed E-state index contributed by atoms with van der Waals surface area (Å²) in [6.07, 6.45) is 0.165. The molecule has 0 saturated carbocycles. The third kappa shape index (κ3) is 5.09. The Bertz CT molecular complexity index is 768. The van der Waals surface area contributed by atoms with Gasteiger partial charge >= 0.3 is 0 Å². The summed E-state index contributed by atoms with van der Waals surface area (Å²) in [5.41, 5.74) is 1.15. The first-order chi connectivity index (χ1) is 13.6. The Morgan fingerprint density at radius 1 is 0.964 bits per heavy atom. The molecule has 0 atom stereocenters. The van der Waals surface area contributed by atoms with E-state index in [0.717, 1.165) is 24.5 Å². The van der Waals surface area contributed by atoms with Crippen LogP contribution in [0.1, 0.15) is 13.8 Å². The van der Waals surface area contributed by atoms with E-state index < -0.39 is 0 Å². The van der Waals surface area contributed by atoms with E-state index in [1.807, 2.05) is 49.1 Å². The third-order valence-corrected chi connectivity index (χ3v) is 4.63. The predicted octanol–water partition coefficient (Wildman–Crippen LogP) is 3.21. The molecule has 6 nitrogen and oxygen atoms in total. The molecule has 150 valence electrons. The van der Waals surface area contributed by atoms with Crippen molar-refractivity contribution in [1.82, 2.24) is 4.90 Å². The number of anilines is 1. The minimum absolute atomic E-state index is 0.00811. The van der Waals surface area contributed by atoms with Crippen LogP contribution in [0.15, 0.2) is 48.5 Å². The van der Waals surface area contributed by atoms with Crippen LogP contribution < -0.4 is 19.1 Å². The van der Waals surface area contributed by atoms with Gasteiger partial charge in [0.15, 0.2) is 18.1 Å². The van der Waals surface area contributed by atoms with Crippen molar-refractivity contribution in [3.63, 3.8) is 0 Å². The summed E-state index contributed by atoms with van der Waals surface area (Å²) in [5, 5.41) is 0. The Labute approximate surface area is 166 Å². The Morgan fingerprint density at radius 2 is 1.61 bits per heavy atom. The van der Waals surface area contributed by atoms with Crippen molar-refractivity contribution in [2.75, 3.05) is 44.8 Å². The van der Waals surface area contributed by atoms with Gasteiger partial charge < -0.3 is 24.0 Å². The van der Waals surface area contributed by atoms with E-state index >= 15 is 0 Å². The van der Waals surface area contributed by atoms with Gasteiger partial charge in [-0.1, -0.05) is 12.1 Å². The number of benzene rings is 2. The largest absolute Gasteiger partial charge is 0.493 e. The van der Waals surface area contributed by atoms with Crippen LogP contribution in [0.25, 0.3) is 0 Å². The number of hydrogen-bond donors (Lipinski definition) is 0. The van der Waals surface area contributed by atoms with Gasteiger partial charge in [-0.3, -0.25) is 4.79 Å². The highest BCUT2D eigenvalue weighted by Crippen LogP contribution is 2.26. The molecule has 0 aliphatic carbocycles. The van der Waals surface area contributed by atoms with Crippen molar-refractivity contribution < 1.29 is 19.0 Å². The van der Waals surface area contributed by atoms with Crippen molar-refractivity contribution in [2.24, 2.45) is 0 Å². The number of amides is 1. The van der Waals surface area contributed by atoms with Gasteiger partial charge in [0.05, 0.1) is 13.2 Å². The molecular formula is C22H28N2O4. The van der Waals surface area contributed by atoms with E-state index in [9.17, 15) is 4.79 Å². The summed E-state index contributed by atoms with van der Waals surface area (Å²) in [4.78, 5) is 16.6. The zero-order valence-electron chi connectivity index (χ0n) is 16.8. The number of ether oxygens (including phenoxy) is 3. The van der Waals surface area contributed by atoms with Crippen molar-refractivity contribution in [3.05, 3.63) is 48.5 Å². The average molecular weight is 384 g/mol. The molecule has 1 heterocycles. The van der Waals surface area contributed by atoms with E-state index in [0.29, 0.717) is 24.6 Å². The minimum Gasteiger partial charge on any atom is -0.493 e. The summed E-state index contributed by atoms with van der Waals surface area (Å²) in [6, 6.07) is 15.5. The number of nitrogens with zero attached hydrogens (tertiary/aromatic N) is 2. The quantitative estimate of drug-likeness (QED) is 0.734. The van der Waals surface area contributed by atoms with Crippen molar-refractivity contribution in [2.45, 2.75) is 20.0 Å². The standard InChI is InChI=1S/C22H28N2O4/c1-17(2)28-19-10-8-18(9-11-19)23-12-14-24(15-13-23)22(25)16-27-21-7-5-4-6-20(21)26-3/h4-11,17H,12-16H2,1-3H3. The monoisotopic (exact) mass is 384 g/mol. The molecule has 1 fully saturated rings. The van der Waals surface area contributed by atoms with E-state index in [4.69, 9.17) is 14.2 Å². The first-order valence-electron chi connectivity index (χ1n) is 9.62. The van der Waals surface area contributed by atoms with E-state index in [1.54, 1.807) is 13.2 Å². The average Bonchev–Trinajstić information content (AvgIpc) is 2.72. The molecule has 0 spiro atoms. The molecule has 0 aromatic heterocycles. The molecule has 6 heteroatoms. The van der Waals surface area contributed by atoms with E-state index in [1.165, 1.54) is 0 Å². The number of carbonyl (C=O) groups is 1. The van der Waals surface area contributed by atoms with Gasteiger partial charge in [0.1, 0.15) is 5.75 Å². The normalized spacial score (nSPS) is 14.1. The molecule has 2 aromatic rings. The van der Waals surface area contributed by atoms with Crippen LogP contribution in [0.4, 0.5) is 5.69 Å². The number of hydrogen-bond acceptors (Lipinski definition) is 5. The molecule has 1 saturated heterocycles. The minimum atomic E-state index is -0.00811. The number of piperazine rings is 1. The van der Waals surface area contributed by atoms with Gasteiger partial charge in [-0.2, -0.15) is 0 Å². The van der Waals surface area contributed by atoms with Gasteiger partial charge in [-0.25, -0.2) is 0 Å². The fraction of sp³-hybridized carbons (Fsp3) is 0.409. The van der Waals surface area contributed by atoms with Crippen LogP contribution in [-0.2, 0) is 4.79 Å². The Balaban J connectivity index is 1.48. The van der Waals surface area contributed by atoms with Gasteiger partial charge in [-0.15, -0.1) is 0 Å². The highest BCUT2D eigenvalue weighted by molar-refractivity contribution is 5.78. The lowest BCUT2D eigenvalue weighted by atomic mass is 10.2. The topological polar surface area (TPSA) is 51.2 Å². The second-order valence-electron chi connectivity index (χ2n) is 6.97. The lowest BCUT2D eigenvalue weighted by Crippen LogP contribution is -2.50. The van der Waals surface area contributed by atoms with Gasteiger partial charge in [0, 0.05) is 31.9 Å². The van der Waals surface area contributed by atoms with Crippen molar-refractivity contribution >= 4 is 11.6 Å². The summed E-state index contributed by atoms with van der Waals surface area (Å²) >= 11 is 0. The fourth-order valence-corrected chi connectivity index (χ4v) is 3.19. The van der Waals surface area contributed by atoms with Crippen LogP contribution in [0.3, 0.4) is 0 Å². The molecular weight excluding hydrogens is 356 g/mol. The Morgan fingerprint density at radius 3 is 2.21 bits per heavy atom. The summed E-state index contributed by atoms with van der Waals surface area (Å²) in [6.45, 7) is 7.00. The van der Waals surface area contributed by atoms with Crippen molar-refractivity contribution in [1.29, 1.82) is 0 Å². The first kappa shape index (κ1) is 19.9. The highest BCUT2D eigenvalue weighted by atomic mass is 16.5. The maximum Gasteiger partial charge on any atom is 0.260 e. The first-order valence-corrected chi connectivity index (χ1v) is 9.62. The molecule has 0 radical (unpaired) electrons. The number of rotatable bonds is 7. The fourth-order valence-electron chi connectivity index (χ4n) is 3.19. The summed E-state index contributed by atoms with van der Waals surface area (Å²) < 4.78 is 16.6. The zero-order chi connectivity index (χ0) is 19.9. The molecule has 0 unspecified atom stereocenters. The van der Waals surface area contributed by atoms with Crippen molar-refractivity contribution in [3.8, 4) is 17.2 Å². The lowest BCUT2D eigenvalue weighted by Gasteiger charge is -2.36. The molecule has 0 bridgehead atoms. The number of carbonyl (C=O) groups excluding carboxylic acids is 1. The Hall–Kier alpha value is -2.89. The number of methoxy groups -OCH3 is 1. The molecule has 0 N–H and O–H groups in total. The zero-order valence-corrected chi connectivity index (χ0v) is 16.8. The molecule has 1 aliphatic heterocycles. The Kier molecular flexibility index (Phi) is 6.63. The van der Waals surface area contributed by atoms with E-state index in [-0.39, 0.29) is 18.6 Å². The van der Waals surface area contributed by atoms with Gasteiger partial charge in [0.25, 0.3) is 5.91 Å². The highest BCUT2D eigenvalue weighted by Gasteiger charge is 2.22. The molecule has 1 amide bonds. The molecule has 28 heavy (non-hydrogen) atoms. The van der Waals surface area contributed by atoms with Crippen LogP contribution in [0.2, 0.25) is 0 Å². The maximum atomic E-state index is 12.5.